The molecule has 0 aliphatic carbocycles. The number of hydrogen-bond donors (Lipinski definition) is 2. The molecule has 3 aliphatic rings. The van der Waals surface area contributed by atoms with Crippen molar-refractivity contribution in [1.29, 1.82) is 0 Å². The third-order valence-electron chi connectivity index (χ3n) is 8.81. The van der Waals surface area contributed by atoms with Gasteiger partial charge in [-0.3, -0.25) is 9.59 Å². The molecule has 2 N–H and O–H groups in total. The Labute approximate surface area is 259 Å². The van der Waals surface area contributed by atoms with E-state index < -0.39 is 33.2 Å². The van der Waals surface area contributed by atoms with Crippen LogP contribution in [0.25, 0.3) is 0 Å². The predicted molar refractivity (Wildman–Crippen MR) is 163 cm³/mol. The molecule has 6 rings (SSSR count). The number of fused-ring (bicyclic) bond motifs is 2. The number of halogens is 3. The summed E-state index contributed by atoms with van der Waals surface area (Å²) in [5, 5.41) is 6.82. The molecule has 2 unspecified atom stereocenters. The summed E-state index contributed by atoms with van der Waals surface area (Å²) in [5.41, 5.74) is 1.47. The van der Waals surface area contributed by atoms with Gasteiger partial charge in [0.1, 0.15) is 23.1 Å². The van der Waals surface area contributed by atoms with Crippen LogP contribution in [-0.4, -0.2) is 50.0 Å². The van der Waals surface area contributed by atoms with E-state index in [4.69, 9.17) is 27.9 Å². The Balaban J connectivity index is 1.51. The largest absolute Gasteiger partial charge is 0.490 e. The van der Waals surface area contributed by atoms with E-state index in [9.17, 15) is 22.4 Å². The van der Waals surface area contributed by atoms with E-state index in [1.54, 1.807) is 42.5 Å². The average molecular weight is 647 g/mol. The standard InChI is InChI=1S/C31H30Cl2FN3O5S/c1-17-3-6-20(34)15-22(17)29-31(24-7-4-19(33)14-26(24)35-30(31)39)25(16-28(38)36-29)23-13-18(32)5-8-27(23)42-21-9-11-37(12-10-21)43(2,40)41/h3-8,13-15,21,25,29H,9-12,16H2,1-2H3,(H,35,39)(H,36,38)/t25?,29-,31?/m0/s1. The van der Waals surface area contributed by atoms with Crippen LogP contribution in [0.15, 0.2) is 54.6 Å². The van der Waals surface area contributed by atoms with E-state index in [1.807, 2.05) is 6.92 Å². The summed E-state index contributed by atoms with van der Waals surface area (Å²) >= 11 is 12.9. The number of piperidine rings is 2. The van der Waals surface area contributed by atoms with Crippen LogP contribution in [0.5, 0.6) is 5.75 Å². The lowest BCUT2D eigenvalue weighted by molar-refractivity contribution is -0.131. The van der Waals surface area contributed by atoms with Crippen LogP contribution in [-0.2, 0) is 25.0 Å². The number of aryl methyl sites for hydroxylation is 1. The maximum Gasteiger partial charge on any atom is 0.238 e. The van der Waals surface area contributed by atoms with Gasteiger partial charge in [-0.05, 0) is 78.9 Å². The molecule has 8 nitrogen and oxygen atoms in total. The molecule has 0 bridgehead atoms. The van der Waals surface area contributed by atoms with Gasteiger partial charge in [-0.2, -0.15) is 0 Å². The van der Waals surface area contributed by atoms with Crippen LogP contribution in [0.3, 0.4) is 0 Å². The minimum absolute atomic E-state index is 0.0659. The molecule has 2 amide bonds. The Hall–Kier alpha value is -3.18. The predicted octanol–water partition coefficient (Wildman–Crippen LogP) is 5.48. The molecule has 43 heavy (non-hydrogen) atoms. The quantitative estimate of drug-likeness (QED) is 0.382. The highest BCUT2D eigenvalue weighted by atomic mass is 35.5. The van der Waals surface area contributed by atoms with Gasteiger partial charge in [0.2, 0.25) is 21.8 Å². The average Bonchev–Trinajstić information content (AvgIpc) is 3.23. The molecule has 1 spiro atoms. The van der Waals surface area contributed by atoms with E-state index in [1.165, 1.54) is 22.7 Å². The van der Waals surface area contributed by atoms with E-state index >= 15 is 0 Å². The van der Waals surface area contributed by atoms with Gasteiger partial charge in [0, 0.05) is 46.7 Å². The lowest BCUT2D eigenvalue weighted by Crippen LogP contribution is -2.57. The Morgan fingerprint density at radius 1 is 0.977 bits per heavy atom. The molecule has 3 aromatic rings. The number of rotatable bonds is 5. The minimum Gasteiger partial charge on any atom is -0.490 e. The maximum absolute atomic E-state index is 14.7. The first-order valence-electron chi connectivity index (χ1n) is 14.0. The van der Waals surface area contributed by atoms with Gasteiger partial charge in [0.15, 0.2) is 0 Å². The maximum atomic E-state index is 14.7. The number of carbonyl (C=O) groups excluding carboxylic acids is 2. The molecule has 0 aromatic heterocycles. The summed E-state index contributed by atoms with van der Waals surface area (Å²) in [6.45, 7) is 2.45. The van der Waals surface area contributed by atoms with Crippen molar-refractivity contribution in [2.75, 3.05) is 24.7 Å². The van der Waals surface area contributed by atoms with Gasteiger partial charge < -0.3 is 15.4 Å². The lowest BCUT2D eigenvalue weighted by Gasteiger charge is -2.47. The Kier molecular flexibility index (Phi) is 7.69. The zero-order valence-corrected chi connectivity index (χ0v) is 25.8. The zero-order chi connectivity index (χ0) is 30.7. The monoisotopic (exact) mass is 645 g/mol. The van der Waals surface area contributed by atoms with Gasteiger partial charge in [0.25, 0.3) is 0 Å². The minimum atomic E-state index is -3.32. The summed E-state index contributed by atoms with van der Waals surface area (Å²) in [6, 6.07) is 13.6. The molecular formula is C31H30Cl2FN3O5S. The Morgan fingerprint density at radius 3 is 2.40 bits per heavy atom. The second-order valence-electron chi connectivity index (χ2n) is 11.4. The Morgan fingerprint density at radius 2 is 1.67 bits per heavy atom. The second-order valence-corrected chi connectivity index (χ2v) is 14.3. The first-order chi connectivity index (χ1) is 20.4. The van der Waals surface area contributed by atoms with Crippen LogP contribution < -0.4 is 15.4 Å². The molecule has 3 atom stereocenters. The van der Waals surface area contributed by atoms with Gasteiger partial charge >= 0.3 is 0 Å². The van der Waals surface area contributed by atoms with E-state index in [0.717, 1.165) is 0 Å². The summed E-state index contributed by atoms with van der Waals surface area (Å²) in [7, 11) is -3.32. The lowest BCUT2D eigenvalue weighted by atomic mass is 9.59. The van der Waals surface area contributed by atoms with Crippen molar-refractivity contribution >= 4 is 50.7 Å². The molecule has 2 fully saturated rings. The van der Waals surface area contributed by atoms with Crippen molar-refractivity contribution in [3.63, 3.8) is 0 Å². The van der Waals surface area contributed by atoms with Crippen molar-refractivity contribution in [1.82, 2.24) is 9.62 Å². The molecule has 0 radical (unpaired) electrons. The van der Waals surface area contributed by atoms with Crippen LogP contribution in [0, 0.1) is 12.7 Å². The van der Waals surface area contributed by atoms with Gasteiger partial charge in [-0.25, -0.2) is 17.1 Å². The number of anilines is 1. The van der Waals surface area contributed by atoms with Crippen molar-refractivity contribution in [3.8, 4) is 5.75 Å². The van der Waals surface area contributed by atoms with E-state index in [2.05, 4.69) is 10.6 Å². The van der Waals surface area contributed by atoms with Crippen LogP contribution in [0.4, 0.5) is 10.1 Å². The number of benzene rings is 3. The van der Waals surface area contributed by atoms with Crippen LogP contribution in [0.2, 0.25) is 10.0 Å². The molecule has 3 aromatic carbocycles. The van der Waals surface area contributed by atoms with Crippen molar-refractivity contribution in [2.45, 2.75) is 49.7 Å². The first kappa shape index (κ1) is 29.9. The highest BCUT2D eigenvalue weighted by Crippen LogP contribution is 2.59. The molecule has 226 valence electrons. The molecule has 0 saturated carbocycles. The number of amides is 2. The topological polar surface area (TPSA) is 105 Å². The molecular weight excluding hydrogens is 616 g/mol. The smallest absolute Gasteiger partial charge is 0.238 e. The summed E-state index contributed by atoms with van der Waals surface area (Å²) in [6.07, 6.45) is 1.77. The second kappa shape index (κ2) is 11.1. The summed E-state index contributed by atoms with van der Waals surface area (Å²) in [5.74, 6) is -1.48. The van der Waals surface area contributed by atoms with Crippen molar-refractivity contribution in [3.05, 3.63) is 92.7 Å². The van der Waals surface area contributed by atoms with Crippen molar-refractivity contribution < 1.29 is 27.1 Å². The van der Waals surface area contributed by atoms with E-state index in [-0.39, 0.29) is 24.3 Å². The fourth-order valence-corrected chi connectivity index (χ4v) is 8.03. The van der Waals surface area contributed by atoms with Crippen LogP contribution >= 0.6 is 23.2 Å². The summed E-state index contributed by atoms with van der Waals surface area (Å²) in [4.78, 5) is 27.8. The molecule has 3 heterocycles. The summed E-state index contributed by atoms with van der Waals surface area (Å²) < 4.78 is 46.7. The Bertz CT molecular complexity index is 1750. The zero-order valence-electron chi connectivity index (χ0n) is 23.5. The van der Waals surface area contributed by atoms with E-state index in [0.29, 0.717) is 69.7 Å². The highest BCUT2D eigenvalue weighted by molar-refractivity contribution is 7.88. The third kappa shape index (κ3) is 5.28. The number of nitrogens with one attached hydrogen (secondary N) is 2. The van der Waals surface area contributed by atoms with Gasteiger partial charge in [-0.1, -0.05) is 35.3 Å². The fraction of sp³-hybridized carbons (Fsp3) is 0.355. The normalized spacial score (nSPS) is 24.5. The number of ether oxygens (including phenoxy) is 1. The highest BCUT2D eigenvalue weighted by Gasteiger charge is 2.62. The van der Waals surface area contributed by atoms with Gasteiger partial charge in [0.05, 0.1) is 12.3 Å². The molecule has 3 aliphatic heterocycles. The number of carbonyl (C=O) groups is 2. The van der Waals surface area contributed by atoms with Crippen LogP contribution in [0.1, 0.15) is 53.5 Å². The SMILES string of the molecule is Cc1ccc(F)cc1[C@@H]1NC(=O)CC(c2cc(Cl)ccc2OC2CCN(S(C)(=O)=O)CC2)C12C(=O)Nc1cc(Cl)ccc12. The number of hydrogen-bond acceptors (Lipinski definition) is 5. The fourth-order valence-electron chi connectivity index (χ4n) is 6.80. The van der Waals surface area contributed by atoms with Crippen molar-refractivity contribution in [2.24, 2.45) is 0 Å². The molecule has 12 heteroatoms. The third-order valence-corrected chi connectivity index (χ3v) is 10.6. The first-order valence-corrected chi connectivity index (χ1v) is 16.6. The van der Waals surface area contributed by atoms with Gasteiger partial charge in [-0.15, -0.1) is 0 Å². The number of sulfonamides is 1. The number of nitrogens with zero attached hydrogens (tertiary/aromatic N) is 1. The molecule has 2 saturated heterocycles.